The highest BCUT2D eigenvalue weighted by molar-refractivity contribution is 5.88. The molecule has 2 aromatic carbocycles. The number of nitrogens with one attached hydrogen (secondary N) is 3. The molecule has 0 amide bonds. The van der Waals surface area contributed by atoms with Crippen LogP contribution in [-0.4, -0.2) is 15.9 Å². The molecule has 0 radical (unpaired) electrons. The standard InChI is InChI=1S/C21H23N5O/c1-13-9-10-17(11-14(13)2)24-20(22)26-21-23-15(3)18(19(27)25-21)12-16-7-5-4-6-8-16/h4-11H,12H2,1-3H3,(H4,22,23,24,25,26,27)/p+1. The normalized spacial score (nSPS) is 11.4. The molecule has 6 heteroatoms. The van der Waals surface area contributed by atoms with E-state index >= 15 is 0 Å². The smallest absolute Gasteiger partial charge is 0.322 e. The fourth-order valence-electron chi connectivity index (χ4n) is 2.81. The first-order valence-corrected chi connectivity index (χ1v) is 8.80. The van der Waals surface area contributed by atoms with Crippen LogP contribution in [0.2, 0.25) is 0 Å². The largest absolute Gasteiger partial charge is 0.325 e. The van der Waals surface area contributed by atoms with Crippen LogP contribution < -0.4 is 21.6 Å². The number of hydrogen-bond donors (Lipinski definition) is 4. The highest BCUT2D eigenvalue weighted by Crippen LogP contribution is 2.13. The number of aromatic amines is 1. The van der Waals surface area contributed by atoms with Crippen LogP contribution in [0.4, 0.5) is 11.6 Å². The monoisotopic (exact) mass is 362 g/mol. The summed E-state index contributed by atoms with van der Waals surface area (Å²) in [5, 5.41) is 3.07. The number of guanidine groups is 1. The highest BCUT2D eigenvalue weighted by atomic mass is 16.1. The van der Waals surface area contributed by atoms with Crippen LogP contribution in [-0.2, 0) is 6.42 Å². The number of aromatic nitrogens is 2. The summed E-state index contributed by atoms with van der Waals surface area (Å²) >= 11 is 0. The van der Waals surface area contributed by atoms with Crippen molar-refractivity contribution in [1.29, 1.82) is 0 Å². The lowest BCUT2D eigenvalue weighted by molar-refractivity contribution is -0.365. The number of aryl methyl sites for hydroxylation is 3. The van der Waals surface area contributed by atoms with Gasteiger partial charge in [0.1, 0.15) is 0 Å². The predicted molar refractivity (Wildman–Crippen MR) is 108 cm³/mol. The van der Waals surface area contributed by atoms with Crippen molar-refractivity contribution in [2.75, 3.05) is 5.32 Å². The number of anilines is 1. The van der Waals surface area contributed by atoms with Crippen LogP contribution in [0.25, 0.3) is 0 Å². The first-order valence-electron chi connectivity index (χ1n) is 8.80. The molecule has 6 nitrogen and oxygen atoms in total. The number of nitrogens with two attached hydrogens (primary N) is 1. The van der Waals surface area contributed by atoms with Crippen molar-refractivity contribution >= 4 is 17.6 Å². The molecule has 1 aromatic heterocycles. The minimum atomic E-state index is -0.173. The Balaban J connectivity index is 1.81. The maximum Gasteiger partial charge on any atom is 0.325 e. The second-order valence-electron chi connectivity index (χ2n) is 6.60. The summed E-state index contributed by atoms with van der Waals surface area (Å²) in [5.74, 6) is 0.597. The molecule has 3 rings (SSSR count). The maximum absolute atomic E-state index is 12.5. The predicted octanol–water partition coefficient (Wildman–Crippen LogP) is 1.42. The molecule has 0 fully saturated rings. The molecule has 0 unspecified atom stereocenters. The Morgan fingerprint density at radius 3 is 2.52 bits per heavy atom. The highest BCUT2D eigenvalue weighted by Gasteiger charge is 2.12. The van der Waals surface area contributed by atoms with Gasteiger partial charge >= 0.3 is 5.95 Å². The van der Waals surface area contributed by atoms with Crippen LogP contribution >= 0.6 is 0 Å². The van der Waals surface area contributed by atoms with Crippen molar-refractivity contribution in [3.63, 3.8) is 0 Å². The third kappa shape index (κ3) is 4.61. The molecule has 3 aromatic rings. The number of hydrogen-bond acceptors (Lipinski definition) is 2. The minimum Gasteiger partial charge on any atom is -0.322 e. The quantitative estimate of drug-likeness (QED) is 0.417. The van der Waals surface area contributed by atoms with Gasteiger partial charge in [-0.15, -0.1) is 4.98 Å². The molecule has 0 saturated heterocycles. The van der Waals surface area contributed by atoms with Crippen LogP contribution in [0, 0.1) is 20.8 Å². The molecule has 0 bridgehead atoms. The maximum atomic E-state index is 12.5. The SMILES string of the molecule is Cc1ccc(NC(N)=[NH+]c2nc(C)c(Cc3ccccc3)c(=O)[nH]2)cc1C. The lowest BCUT2D eigenvalue weighted by atomic mass is 10.1. The number of rotatable bonds is 4. The lowest BCUT2D eigenvalue weighted by Crippen LogP contribution is -2.73. The first-order chi connectivity index (χ1) is 12.9. The molecule has 1 heterocycles. The summed E-state index contributed by atoms with van der Waals surface area (Å²) in [7, 11) is 0. The molecule has 5 N–H and O–H groups in total. The van der Waals surface area contributed by atoms with Gasteiger partial charge in [-0.3, -0.25) is 10.1 Å². The Kier molecular flexibility index (Phi) is 5.35. The molecule has 0 spiro atoms. The van der Waals surface area contributed by atoms with Crippen LogP contribution in [0.3, 0.4) is 0 Å². The van der Waals surface area contributed by atoms with Gasteiger partial charge in [-0.25, -0.2) is 9.98 Å². The molecule has 0 atom stereocenters. The molecule has 0 aliphatic rings. The van der Waals surface area contributed by atoms with Gasteiger partial charge in [-0.2, -0.15) is 0 Å². The van der Waals surface area contributed by atoms with E-state index in [1.807, 2.05) is 62.4 Å². The third-order valence-corrected chi connectivity index (χ3v) is 4.48. The van der Waals surface area contributed by atoms with Crippen molar-refractivity contribution in [2.24, 2.45) is 5.73 Å². The van der Waals surface area contributed by atoms with Crippen LogP contribution in [0.1, 0.15) is 27.9 Å². The van der Waals surface area contributed by atoms with E-state index < -0.39 is 0 Å². The van der Waals surface area contributed by atoms with Gasteiger partial charge < -0.3 is 5.73 Å². The van der Waals surface area contributed by atoms with E-state index in [-0.39, 0.29) is 11.5 Å². The van der Waals surface area contributed by atoms with Crippen molar-refractivity contribution < 1.29 is 4.99 Å². The van der Waals surface area contributed by atoms with Crippen LogP contribution in [0.15, 0.2) is 53.3 Å². The van der Waals surface area contributed by atoms with Gasteiger partial charge in [0.2, 0.25) is 0 Å². The minimum absolute atomic E-state index is 0.173. The number of H-pyrrole nitrogens is 1. The van der Waals surface area contributed by atoms with Gasteiger partial charge in [0, 0.05) is 6.42 Å². The molecule has 0 aliphatic heterocycles. The second-order valence-corrected chi connectivity index (χ2v) is 6.60. The van der Waals surface area contributed by atoms with E-state index in [0.717, 1.165) is 11.3 Å². The number of nitrogens with zero attached hydrogens (tertiary/aromatic N) is 1. The van der Waals surface area contributed by atoms with E-state index in [0.29, 0.717) is 23.6 Å². The van der Waals surface area contributed by atoms with Gasteiger partial charge in [0.05, 0.1) is 16.9 Å². The Bertz CT molecular complexity index is 1040. The zero-order valence-corrected chi connectivity index (χ0v) is 15.8. The Morgan fingerprint density at radius 2 is 1.85 bits per heavy atom. The molecular weight excluding hydrogens is 338 g/mol. The summed E-state index contributed by atoms with van der Waals surface area (Å²) in [6, 6.07) is 15.8. The average molecular weight is 362 g/mol. The topological polar surface area (TPSA) is 97.8 Å². The second kappa shape index (κ2) is 7.86. The van der Waals surface area contributed by atoms with Crippen molar-refractivity contribution in [2.45, 2.75) is 27.2 Å². The van der Waals surface area contributed by atoms with Crippen molar-refractivity contribution in [1.82, 2.24) is 9.97 Å². The van der Waals surface area contributed by atoms with Gasteiger partial charge in [0.15, 0.2) is 0 Å². The van der Waals surface area contributed by atoms with Crippen molar-refractivity contribution in [3.05, 3.63) is 86.8 Å². The fourth-order valence-corrected chi connectivity index (χ4v) is 2.81. The van der Waals surface area contributed by atoms with E-state index in [1.165, 1.54) is 11.1 Å². The van der Waals surface area contributed by atoms with E-state index in [1.54, 1.807) is 0 Å². The fraction of sp³-hybridized carbons (Fsp3) is 0.190. The molecule has 27 heavy (non-hydrogen) atoms. The lowest BCUT2D eigenvalue weighted by Gasteiger charge is -2.06. The summed E-state index contributed by atoms with van der Waals surface area (Å²) < 4.78 is 0. The zero-order valence-electron chi connectivity index (χ0n) is 15.8. The summed E-state index contributed by atoms with van der Waals surface area (Å²) in [5.41, 5.74) is 11.5. The van der Waals surface area contributed by atoms with E-state index in [4.69, 9.17) is 5.73 Å². The Hall–Kier alpha value is -3.41. The van der Waals surface area contributed by atoms with Crippen LogP contribution in [0.5, 0.6) is 0 Å². The summed E-state index contributed by atoms with van der Waals surface area (Å²) in [4.78, 5) is 22.6. The van der Waals surface area contributed by atoms with Gasteiger partial charge in [-0.05, 0) is 49.6 Å². The summed E-state index contributed by atoms with van der Waals surface area (Å²) in [6.07, 6.45) is 0.537. The summed E-state index contributed by atoms with van der Waals surface area (Å²) in [6.45, 7) is 5.92. The van der Waals surface area contributed by atoms with E-state index in [2.05, 4.69) is 27.2 Å². The van der Waals surface area contributed by atoms with Gasteiger partial charge in [0.25, 0.3) is 11.5 Å². The van der Waals surface area contributed by atoms with Crippen molar-refractivity contribution in [3.8, 4) is 0 Å². The molecule has 0 saturated carbocycles. The number of benzene rings is 2. The average Bonchev–Trinajstić information content (AvgIpc) is 2.62. The molecule has 138 valence electrons. The van der Waals surface area contributed by atoms with E-state index in [9.17, 15) is 4.79 Å². The zero-order chi connectivity index (χ0) is 19.4. The first kappa shape index (κ1) is 18.4. The third-order valence-electron chi connectivity index (χ3n) is 4.48. The Morgan fingerprint density at radius 1 is 1.11 bits per heavy atom. The molecular formula is C21H24N5O+. The van der Waals surface area contributed by atoms with Gasteiger partial charge in [-0.1, -0.05) is 36.4 Å². The Labute approximate surface area is 158 Å². The molecule has 0 aliphatic carbocycles.